The highest BCUT2D eigenvalue weighted by molar-refractivity contribution is 6.31. The van der Waals surface area contributed by atoms with Crippen LogP contribution in [0.3, 0.4) is 0 Å². The third-order valence-electron chi connectivity index (χ3n) is 4.13. The number of carbonyl (C=O) groups is 1. The molecule has 0 unspecified atom stereocenters. The van der Waals surface area contributed by atoms with Gasteiger partial charge in [-0.3, -0.25) is 14.7 Å². The summed E-state index contributed by atoms with van der Waals surface area (Å²) in [6.07, 6.45) is 0. The van der Waals surface area contributed by atoms with Crippen molar-refractivity contribution < 1.29 is 9.53 Å². The van der Waals surface area contributed by atoms with Crippen molar-refractivity contribution >= 4 is 23.3 Å². The number of halogens is 1. The van der Waals surface area contributed by atoms with E-state index in [2.05, 4.69) is 4.99 Å². The minimum absolute atomic E-state index is 0.0100. The van der Waals surface area contributed by atoms with Crippen molar-refractivity contribution in [3.63, 3.8) is 0 Å². The van der Waals surface area contributed by atoms with Crippen molar-refractivity contribution in [2.45, 2.75) is 13.8 Å². The van der Waals surface area contributed by atoms with Gasteiger partial charge >= 0.3 is 0 Å². The molecule has 0 fully saturated rings. The van der Waals surface area contributed by atoms with E-state index in [4.69, 9.17) is 16.3 Å². The van der Waals surface area contributed by atoms with Crippen LogP contribution in [-0.4, -0.2) is 36.3 Å². The summed E-state index contributed by atoms with van der Waals surface area (Å²) >= 11 is 6.04. The van der Waals surface area contributed by atoms with Crippen LogP contribution in [0.25, 0.3) is 0 Å². The lowest BCUT2D eigenvalue weighted by atomic mass is 10.1. The Labute approximate surface area is 146 Å². The lowest BCUT2D eigenvalue weighted by molar-refractivity contribution is -0.129. The van der Waals surface area contributed by atoms with E-state index >= 15 is 0 Å². The fourth-order valence-electron chi connectivity index (χ4n) is 2.66. The number of amides is 1. The van der Waals surface area contributed by atoms with Gasteiger partial charge in [-0.25, -0.2) is 0 Å². The highest BCUT2D eigenvalue weighted by atomic mass is 35.5. The predicted octanol–water partition coefficient (Wildman–Crippen LogP) is 3.62. The monoisotopic (exact) mass is 342 g/mol. The van der Waals surface area contributed by atoms with Gasteiger partial charge in [0.05, 0.1) is 6.54 Å². The lowest BCUT2D eigenvalue weighted by Gasteiger charge is -2.19. The van der Waals surface area contributed by atoms with Crippen LogP contribution in [0.2, 0.25) is 5.02 Å². The number of nitrogens with zero attached hydrogens (tertiary/aromatic N) is 2. The maximum Gasteiger partial charge on any atom is 0.266 e. The van der Waals surface area contributed by atoms with E-state index in [1.54, 1.807) is 11.0 Å². The molecule has 2 aromatic rings. The molecule has 4 nitrogen and oxygen atoms in total. The topological polar surface area (TPSA) is 41.9 Å². The smallest absolute Gasteiger partial charge is 0.266 e. The Morgan fingerprint density at radius 2 is 2.04 bits per heavy atom. The number of hydrogen-bond donors (Lipinski definition) is 0. The molecule has 1 aliphatic heterocycles. The quantitative estimate of drug-likeness (QED) is 0.851. The van der Waals surface area contributed by atoms with Gasteiger partial charge in [-0.2, -0.15) is 0 Å². The Kier molecular flexibility index (Phi) is 4.86. The number of aliphatic imine (C=N–C) groups is 1. The summed E-state index contributed by atoms with van der Waals surface area (Å²) in [6, 6.07) is 13.2. The van der Waals surface area contributed by atoms with Gasteiger partial charge in [0.25, 0.3) is 5.91 Å². The zero-order chi connectivity index (χ0) is 17.1. The van der Waals surface area contributed by atoms with E-state index in [0.717, 1.165) is 22.4 Å². The molecular weight excluding hydrogens is 324 g/mol. The standard InChI is InChI=1S/C19H19ClN2O2/c1-13-5-3-8-17(14(13)2)24-12-18(23)22-10-9-21-19(22)15-6-4-7-16(20)11-15/h3-8,11H,9-10,12H2,1-2H3. The van der Waals surface area contributed by atoms with Crippen molar-refractivity contribution in [2.24, 2.45) is 4.99 Å². The fraction of sp³-hybridized carbons (Fsp3) is 0.263. The van der Waals surface area contributed by atoms with Crippen LogP contribution >= 0.6 is 11.6 Å². The van der Waals surface area contributed by atoms with E-state index in [1.165, 1.54) is 0 Å². The minimum atomic E-state index is -0.105. The molecule has 0 bridgehead atoms. The SMILES string of the molecule is Cc1cccc(OCC(=O)N2CCN=C2c2cccc(Cl)c2)c1C. The predicted molar refractivity (Wildman–Crippen MR) is 96.0 cm³/mol. The average Bonchev–Trinajstić information content (AvgIpc) is 3.06. The Bertz CT molecular complexity index is 802. The number of carbonyl (C=O) groups excluding carboxylic acids is 1. The van der Waals surface area contributed by atoms with Gasteiger partial charge in [-0.15, -0.1) is 0 Å². The van der Waals surface area contributed by atoms with Crippen LogP contribution in [0, 0.1) is 13.8 Å². The molecule has 0 saturated carbocycles. The van der Waals surface area contributed by atoms with Crippen LogP contribution in [0.4, 0.5) is 0 Å². The number of hydrogen-bond acceptors (Lipinski definition) is 3. The largest absolute Gasteiger partial charge is 0.483 e. The summed E-state index contributed by atoms with van der Waals surface area (Å²) in [7, 11) is 0. The lowest BCUT2D eigenvalue weighted by Crippen LogP contribution is -2.38. The van der Waals surface area contributed by atoms with E-state index in [1.807, 2.05) is 50.2 Å². The molecule has 0 spiro atoms. The van der Waals surface area contributed by atoms with Gasteiger partial charge < -0.3 is 4.74 Å². The first-order chi connectivity index (χ1) is 11.6. The van der Waals surface area contributed by atoms with Crippen molar-refractivity contribution in [1.29, 1.82) is 0 Å². The van der Waals surface area contributed by atoms with Crippen LogP contribution in [-0.2, 0) is 4.79 Å². The second-order valence-electron chi connectivity index (χ2n) is 5.75. The number of amidine groups is 1. The molecule has 3 rings (SSSR count). The molecule has 5 heteroatoms. The first-order valence-corrected chi connectivity index (χ1v) is 8.24. The molecule has 0 radical (unpaired) electrons. The van der Waals surface area contributed by atoms with E-state index in [0.29, 0.717) is 23.9 Å². The summed E-state index contributed by atoms with van der Waals surface area (Å²) in [6.45, 7) is 5.16. The first kappa shape index (κ1) is 16.5. The number of rotatable bonds is 4. The molecule has 124 valence electrons. The van der Waals surface area contributed by atoms with Crippen molar-refractivity contribution in [1.82, 2.24) is 4.90 Å². The van der Waals surface area contributed by atoms with E-state index in [9.17, 15) is 4.79 Å². The average molecular weight is 343 g/mol. The van der Waals surface area contributed by atoms with Crippen molar-refractivity contribution in [2.75, 3.05) is 19.7 Å². The maximum absolute atomic E-state index is 12.6. The summed E-state index contributed by atoms with van der Waals surface area (Å²) in [4.78, 5) is 18.7. The highest BCUT2D eigenvalue weighted by Gasteiger charge is 2.25. The normalized spacial score (nSPS) is 13.8. The van der Waals surface area contributed by atoms with Gasteiger partial charge in [0.1, 0.15) is 11.6 Å². The molecular formula is C19H19ClN2O2. The molecule has 1 aliphatic rings. The molecule has 1 amide bonds. The zero-order valence-electron chi connectivity index (χ0n) is 13.8. The van der Waals surface area contributed by atoms with Crippen molar-refractivity contribution in [3.05, 3.63) is 64.2 Å². The third-order valence-corrected chi connectivity index (χ3v) is 4.37. The molecule has 1 heterocycles. The van der Waals surface area contributed by atoms with Crippen LogP contribution in [0.15, 0.2) is 47.5 Å². The van der Waals surface area contributed by atoms with Gasteiger partial charge in [-0.1, -0.05) is 35.9 Å². The van der Waals surface area contributed by atoms with Gasteiger partial charge in [-0.05, 0) is 43.2 Å². The van der Waals surface area contributed by atoms with Gasteiger partial charge in [0.15, 0.2) is 6.61 Å². The van der Waals surface area contributed by atoms with Crippen molar-refractivity contribution in [3.8, 4) is 5.75 Å². The second-order valence-corrected chi connectivity index (χ2v) is 6.18. The van der Waals surface area contributed by atoms with Crippen LogP contribution in [0.1, 0.15) is 16.7 Å². The Morgan fingerprint density at radius 1 is 1.25 bits per heavy atom. The molecule has 0 atom stereocenters. The van der Waals surface area contributed by atoms with Gasteiger partial charge in [0, 0.05) is 17.1 Å². The molecule has 0 N–H and O–H groups in total. The van der Waals surface area contributed by atoms with Crippen LogP contribution in [0.5, 0.6) is 5.75 Å². The van der Waals surface area contributed by atoms with E-state index < -0.39 is 0 Å². The zero-order valence-corrected chi connectivity index (χ0v) is 14.5. The second kappa shape index (κ2) is 7.05. The van der Waals surface area contributed by atoms with Crippen LogP contribution < -0.4 is 4.74 Å². The minimum Gasteiger partial charge on any atom is -0.483 e. The fourth-order valence-corrected chi connectivity index (χ4v) is 2.85. The summed E-state index contributed by atoms with van der Waals surface area (Å²) in [5.74, 6) is 1.29. The summed E-state index contributed by atoms with van der Waals surface area (Å²) in [5, 5.41) is 0.626. The molecule has 2 aromatic carbocycles. The number of aryl methyl sites for hydroxylation is 1. The Balaban J connectivity index is 1.71. The number of benzene rings is 2. The summed E-state index contributed by atoms with van der Waals surface area (Å²) in [5.41, 5.74) is 3.04. The highest BCUT2D eigenvalue weighted by Crippen LogP contribution is 2.21. The molecule has 0 saturated heterocycles. The summed E-state index contributed by atoms with van der Waals surface area (Å²) < 4.78 is 5.73. The molecule has 24 heavy (non-hydrogen) atoms. The molecule has 0 aromatic heterocycles. The Morgan fingerprint density at radius 3 is 2.83 bits per heavy atom. The maximum atomic E-state index is 12.6. The van der Waals surface area contributed by atoms with E-state index in [-0.39, 0.29) is 12.5 Å². The first-order valence-electron chi connectivity index (χ1n) is 7.86. The molecule has 0 aliphatic carbocycles. The number of ether oxygens (including phenoxy) is 1. The third kappa shape index (κ3) is 3.44. The van der Waals surface area contributed by atoms with Gasteiger partial charge in [0.2, 0.25) is 0 Å². The Hall–Kier alpha value is -2.33.